The molecule has 1 saturated carbocycles. The fourth-order valence-electron chi connectivity index (χ4n) is 2.02. The first-order valence-electron chi connectivity index (χ1n) is 5.74. The molecule has 17 heavy (non-hydrogen) atoms. The molecular weight excluding hydrogens is 224 g/mol. The molecule has 94 valence electrons. The number of nitrogens with one attached hydrogen (secondary N) is 1. The number of hydrogen-bond donors (Lipinski definition) is 2. The summed E-state index contributed by atoms with van der Waals surface area (Å²) in [4.78, 5) is 35.8. The lowest BCUT2D eigenvalue weighted by atomic mass is 9.95. The summed E-state index contributed by atoms with van der Waals surface area (Å²) in [6, 6.07) is 0. The van der Waals surface area contributed by atoms with Gasteiger partial charge < -0.3 is 15.3 Å². The summed E-state index contributed by atoms with van der Waals surface area (Å²) in [5.41, 5.74) is -1.05. The molecule has 1 unspecified atom stereocenters. The molecule has 0 aromatic carbocycles. The van der Waals surface area contributed by atoms with Gasteiger partial charge in [-0.1, -0.05) is 0 Å². The fraction of sp³-hybridized carbons (Fsp3) is 0.727. The third kappa shape index (κ3) is 2.25. The second-order valence-electron chi connectivity index (χ2n) is 4.88. The van der Waals surface area contributed by atoms with Crippen LogP contribution in [-0.2, 0) is 14.4 Å². The Kier molecular flexibility index (Phi) is 2.81. The van der Waals surface area contributed by atoms with Crippen LogP contribution in [0.4, 0.5) is 0 Å². The van der Waals surface area contributed by atoms with Crippen LogP contribution in [0.1, 0.15) is 25.7 Å². The van der Waals surface area contributed by atoms with Crippen LogP contribution in [-0.4, -0.2) is 46.9 Å². The van der Waals surface area contributed by atoms with E-state index in [-0.39, 0.29) is 24.2 Å². The van der Waals surface area contributed by atoms with Crippen LogP contribution in [0.2, 0.25) is 0 Å². The zero-order valence-electron chi connectivity index (χ0n) is 9.73. The molecule has 1 saturated heterocycles. The highest BCUT2D eigenvalue weighted by molar-refractivity contribution is 5.92. The van der Waals surface area contributed by atoms with Crippen molar-refractivity contribution in [2.45, 2.75) is 31.2 Å². The maximum atomic E-state index is 11.9. The second kappa shape index (κ2) is 4.01. The summed E-state index contributed by atoms with van der Waals surface area (Å²) in [5, 5.41) is 11.5. The number of carbonyl (C=O) groups excluding carboxylic acids is 2. The Labute approximate surface area is 99.0 Å². The molecule has 0 radical (unpaired) electrons. The number of carboxylic acid groups (broad SMARTS) is 1. The number of piperidine rings is 1. The van der Waals surface area contributed by atoms with Crippen molar-refractivity contribution in [2.24, 2.45) is 5.92 Å². The van der Waals surface area contributed by atoms with Gasteiger partial charge >= 0.3 is 5.97 Å². The van der Waals surface area contributed by atoms with Crippen molar-refractivity contribution in [1.29, 1.82) is 0 Å². The van der Waals surface area contributed by atoms with Crippen LogP contribution in [0, 0.1) is 5.92 Å². The van der Waals surface area contributed by atoms with Gasteiger partial charge in [-0.15, -0.1) is 0 Å². The summed E-state index contributed by atoms with van der Waals surface area (Å²) in [7, 11) is 1.70. The number of likely N-dealkylation sites (tertiary alicyclic amines) is 1. The summed E-state index contributed by atoms with van der Waals surface area (Å²) in [5.74, 6) is -1.72. The highest BCUT2D eigenvalue weighted by Crippen LogP contribution is 2.36. The number of hydrogen-bond acceptors (Lipinski definition) is 3. The molecule has 2 fully saturated rings. The topological polar surface area (TPSA) is 86.7 Å². The van der Waals surface area contributed by atoms with Gasteiger partial charge in [0.1, 0.15) is 5.54 Å². The number of nitrogens with zero attached hydrogens (tertiary/aromatic N) is 1. The third-order valence-corrected chi connectivity index (χ3v) is 3.55. The molecule has 2 rings (SSSR count). The lowest BCUT2D eigenvalue weighted by Crippen LogP contribution is -2.48. The first-order chi connectivity index (χ1) is 7.94. The molecule has 0 aromatic rings. The molecule has 1 aliphatic heterocycles. The number of carboxylic acids is 1. The highest BCUT2D eigenvalue weighted by atomic mass is 16.4. The first-order valence-corrected chi connectivity index (χ1v) is 5.74. The Bertz CT molecular complexity index is 376. The zero-order chi connectivity index (χ0) is 12.6. The summed E-state index contributed by atoms with van der Waals surface area (Å²) < 4.78 is 0. The molecular formula is C11H16N2O4. The van der Waals surface area contributed by atoms with E-state index in [2.05, 4.69) is 5.32 Å². The Morgan fingerprint density at radius 2 is 2.12 bits per heavy atom. The standard InChI is InChI=1S/C11H16N2O4/c1-13-5-2-7(6-8(13)14)9(15)12-11(3-4-11)10(16)17/h7H,2-6H2,1H3,(H,12,15)(H,16,17). The molecule has 2 aliphatic rings. The lowest BCUT2D eigenvalue weighted by molar-refractivity contribution is -0.145. The Morgan fingerprint density at radius 1 is 1.47 bits per heavy atom. The van der Waals surface area contributed by atoms with Gasteiger partial charge in [0.05, 0.1) is 0 Å². The Hall–Kier alpha value is -1.59. The van der Waals surface area contributed by atoms with Crippen LogP contribution in [0.3, 0.4) is 0 Å². The molecule has 6 heteroatoms. The van der Waals surface area contributed by atoms with Crippen molar-refractivity contribution in [3.05, 3.63) is 0 Å². The molecule has 1 heterocycles. The van der Waals surface area contributed by atoms with E-state index in [1.54, 1.807) is 11.9 Å². The Balaban J connectivity index is 1.93. The molecule has 1 aliphatic carbocycles. The van der Waals surface area contributed by atoms with E-state index in [0.717, 1.165) is 0 Å². The highest BCUT2D eigenvalue weighted by Gasteiger charge is 2.52. The predicted octanol–water partition coefficient (Wildman–Crippen LogP) is -0.412. The van der Waals surface area contributed by atoms with Gasteiger partial charge in [0, 0.05) is 25.9 Å². The third-order valence-electron chi connectivity index (χ3n) is 3.55. The lowest BCUT2D eigenvalue weighted by Gasteiger charge is -2.28. The zero-order valence-corrected chi connectivity index (χ0v) is 9.73. The van der Waals surface area contributed by atoms with Gasteiger partial charge in [0.15, 0.2) is 0 Å². The predicted molar refractivity (Wildman–Crippen MR) is 58.1 cm³/mol. The minimum atomic E-state index is -1.05. The molecule has 2 amide bonds. The van der Waals surface area contributed by atoms with E-state index in [1.807, 2.05) is 0 Å². The molecule has 0 spiro atoms. The average molecular weight is 240 g/mol. The van der Waals surface area contributed by atoms with E-state index in [1.165, 1.54) is 0 Å². The monoisotopic (exact) mass is 240 g/mol. The Morgan fingerprint density at radius 3 is 2.59 bits per heavy atom. The second-order valence-corrected chi connectivity index (χ2v) is 4.88. The number of aliphatic carboxylic acids is 1. The fourth-order valence-corrected chi connectivity index (χ4v) is 2.02. The smallest absolute Gasteiger partial charge is 0.329 e. The molecule has 0 aromatic heterocycles. The van der Waals surface area contributed by atoms with Gasteiger partial charge in [-0.2, -0.15) is 0 Å². The van der Waals surface area contributed by atoms with Crippen LogP contribution in [0.15, 0.2) is 0 Å². The molecule has 2 N–H and O–H groups in total. The molecule has 1 atom stereocenters. The van der Waals surface area contributed by atoms with Crippen LogP contribution in [0.25, 0.3) is 0 Å². The van der Waals surface area contributed by atoms with Crippen molar-refractivity contribution in [3.8, 4) is 0 Å². The van der Waals surface area contributed by atoms with E-state index >= 15 is 0 Å². The average Bonchev–Trinajstić information content (AvgIpc) is 3.03. The normalized spacial score (nSPS) is 26.5. The summed E-state index contributed by atoms with van der Waals surface area (Å²) >= 11 is 0. The van der Waals surface area contributed by atoms with Gasteiger partial charge in [-0.05, 0) is 19.3 Å². The first kappa shape index (κ1) is 11.9. The van der Waals surface area contributed by atoms with Crippen molar-refractivity contribution >= 4 is 17.8 Å². The van der Waals surface area contributed by atoms with E-state index in [9.17, 15) is 14.4 Å². The SMILES string of the molecule is CN1CCC(C(=O)NC2(C(=O)O)CC2)CC1=O. The summed E-state index contributed by atoms with van der Waals surface area (Å²) in [6.45, 7) is 0.553. The van der Waals surface area contributed by atoms with Crippen molar-refractivity contribution in [3.63, 3.8) is 0 Å². The van der Waals surface area contributed by atoms with E-state index in [4.69, 9.17) is 5.11 Å². The number of amides is 2. The maximum absolute atomic E-state index is 11.9. The maximum Gasteiger partial charge on any atom is 0.329 e. The number of carbonyl (C=O) groups is 3. The summed E-state index contributed by atoms with van der Waals surface area (Å²) in [6.07, 6.45) is 1.74. The largest absolute Gasteiger partial charge is 0.480 e. The van der Waals surface area contributed by atoms with Gasteiger partial charge in [-0.25, -0.2) is 4.79 Å². The number of rotatable bonds is 3. The molecule has 6 nitrogen and oxygen atoms in total. The van der Waals surface area contributed by atoms with E-state index in [0.29, 0.717) is 25.8 Å². The quantitative estimate of drug-likeness (QED) is 0.702. The molecule has 0 bridgehead atoms. The van der Waals surface area contributed by atoms with Crippen LogP contribution >= 0.6 is 0 Å². The minimum absolute atomic E-state index is 0.0587. The van der Waals surface area contributed by atoms with Crippen LogP contribution in [0.5, 0.6) is 0 Å². The van der Waals surface area contributed by atoms with Crippen molar-refractivity contribution < 1.29 is 19.5 Å². The van der Waals surface area contributed by atoms with Gasteiger partial charge in [0.2, 0.25) is 11.8 Å². The minimum Gasteiger partial charge on any atom is -0.480 e. The van der Waals surface area contributed by atoms with Crippen LogP contribution < -0.4 is 5.32 Å². The van der Waals surface area contributed by atoms with E-state index < -0.39 is 11.5 Å². The van der Waals surface area contributed by atoms with Crippen molar-refractivity contribution in [2.75, 3.05) is 13.6 Å². The van der Waals surface area contributed by atoms with Gasteiger partial charge in [0.25, 0.3) is 0 Å². The van der Waals surface area contributed by atoms with Gasteiger partial charge in [-0.3, -0.25) is 9.59 Å². The van der Waals surface area contributed by atoms with Crippen molar-refractivity contribution in [1.82, 2.24) is 10.2 Å².